The van der Waals surface area contributed by atoms with Crippen LogP contribution < -0.4 is 0 Å². The molecule has 0 aliphatic heterocycles. The van der Waals surface area contributed by atoms with E-state index in [1.165, 1.54) is 5.56 Å². The Bertz CT molecular complexity index is 474. The third-order valence-electron chi connectivity index (χ3n) is 3.46. The second-order valence-corrected chi connectivity index (χ2v) is 5.44. The first-order valence-corrected chi connectivity index (χ1v) is 8.13. The molecule has 1 rings (SSSR count). The smallest absolute Gasteiger partial charge is 0.305 e. The summed E-state index contributed by atoms with van der Waals surface area (Å²) in [5.41, 5.74) is 1.18. The van der Waals surface area contributed by atoms with Crippen LogP contribution >= 0.6 is 0 Å². The van der Waals surface area contributed by atoms with Crippen molar-refractivity contribution >= 4 is 11.9 Å². The van der Waals surface area contributed by atoms with Crippen molar-refractivity contribution < 1.29 is 28.9 Å². The number of ether oxygens (including phenoxy) is 3. The maximum absolute atomic E-state index is 11.4. The third kappa shape index (κ3) is 9.97. The predicted octanol–water partition coefficient (Wildman–Crippen LogP) is 2.45. The molecular weight excluding hydrogens is 312 g/mol. The minimum atomic E-state index is -0.847. The van der Waals surface area contributed by atoms with E-state index >= 15 is 0 Å². The Morgan fingerprint density at radius 2 is 1.79 bits per heavy atom. The third-order valence-corrected chi connectivity index (χ3v) is 3.46. The molecule has 0 saturated heterocycles. The number of hydrogen-bond acceptors (Lipinski definition) is 5. The molecule has 0 saturated carbocycles. The van der Waals surface area contributed by atoms with Crippen LogP contribution in [0.3, 0.4) is 0 Å². The van der Waals surface area contributed by atoms with E-state index in [0.29, 0.717) is 26.1 Å². The van der Waals surface area contributed by atoms with E-state index in [-0.39, 0.29) is 31.5 Å². The van der Waals surface area contributed by atoms with Gasteiger partial charge in [0.25, 0.3) is 0 Å². The summed E-state index contributed by atoms with van der Waals surface area (Å²) in [5.74, 6) is -1.17. The molecule has 134 valence electrons. The summed E-state index contributed by atoms with van der Waals surface area (Å²) < 4.78 is 15.9. The van der Waals surface area contributed by atoms with Gasteiger partial charge in [-0.1, -0.05) is 30.3 Å². The van der Waals surface area contributed by atoms with E-state index in [1.807, 2.05) is 30.3 Å². The van der Waals surface area contributed by atoms with Crippen LogP contribution in [0.5, 0.6) is 0 Å². The highest BCUT2D eigenvalue weighted by Crippen LogP contribution is 2.06. The molecule has 0 fully saturated rings. The Morgan fingerprint density at radius 3 is 2.46 bits per heavy atom. The fraction of sp³-hybridized carbons (Fsp3) is 0.556. The van der Waals surface area contributed by atoms with Gasteiger partial charge in [-0.3, -0.25) is 9.59 Å². The van der Waals surface area contributed by atoms with Crippen molar-refractivity contribution in [2.24, 2.45) is 0 Å². The summed E-state index contributed by atoms with van der Waals surface area (Å²) in [4.78, 5) is 21.8. The Kier molecular flexibility index (Phi) is 10.5. The number of carboxylic acids is 1. The molecule has 1 unspecified atom stereocenters. The van der Waals surface area contributed by atoms with Gasteiger partial charge >= 0.3 is 11.9 Å². The van der Waals surface area contributed by atoms with Crippen LogP contribution in [0.4, 0.5) is 0 Å². The summed E-state index contributed by atoms with van der Waals surface area (Å²) >= 11 is 0. The van der Waals surface area contributed by atoms with Crippen molar-refractivity contribution in [2.75, 3.05) is 26.9 Å². The van der Waals surface area contributed by atoms with E-state index in [0.717, 1.165) is 6.42 Å². The quantitative estimate of drug-likeness (QED) is 0.439. The van der Waals surface area contributed by atoms with Crippen LogP contribution in [-0.2, 0) is 30.2 Å². The minimum absolute atomic E-state index is 0.0425. The lowest BCUT2D eigenvalue weighted by Crippen LogP contribution is -2.22. The van der Waals surface area contributed by atoms with Gasteiger partial charge in [-0.05, 0) is 18.4 Å². The second-order valence-electron chi connectivity index (χ2n) is 5.44. The van der Waals surface area contributed by atoms with Crippen molar-refractivity contribution in [1.82, 2.24) is 0 Å². The summed E-state index contributed by atoms with van der Waals surface area (Å²) in [7, 11) is 1.65. The summed E-state index contributed by atoms with van der Waals surface area (Å²) in [6, 6.07) is 10.0. The number of unbranched alkanes of at least 4 members (excludes halogenated alkanes) is 1. The molecule has 1 N–H and O–H groups in total. The molecule has 24 heavy (non-hydrogen) atoms. The number of rotatable bonds is 13. The first-order chi connectivity index (χ1) is 11.6. The Morgan fingerprint density at radius 1 is 1.08 bits per heavy atom. The standard InChI is InChI=1S/C18H26O6/c1-22-16(13-15-7-3-2-4-8-15)14-23-11-12-24-18(21)10-6-5-9-17(19)20/h2-4,7-8,16H,5-6,9-14H2,1H3,(H,19,20). The molecule has 6 heteroatoms. The van der Waals surface area contributed by atoms with Gasteiger partial charge < -0.3 is 19.3 Å². The number of methoxy groups -OCH3 is 1. The Labute approximate surface area is 142 Å². The molecule has 0 amide bonds. The zero-order valence-electron chi connectivity index (χ0n) is 14.1. The van der Waals surface area contributed by atoms with Crippen LogP contribution in [-0.4, -0.2) is 50.1 Å². The van der Waals surface area contributed by atoms with Gasteiger partial charge in [-0.15, -0.1) is 0 Å². The monoisotopic (exact) mass is 338 g/mol. The summed E-state index contributed by atoms with van der Waals surface area (Å²) in [5, 5.41) is 8.49. The zero-order chi connectivity index (χ0) is 17.6. The molecule has 0 aliphatic carbocycles. The van der Waals surface area contributed by atoms with Crippen LogP contribution in [0, 0.1) is 0 Å². The fourth-order valence-corrected chi connectivity index (χ4v) is 2.13. The van der Waals surface area contributed by atoms with Gasteiger partial charge in [0.1, 0.15) is 6.61 Å². The van der Waals surface area contributed by atoms with Crippen molar-refractivity contribution in [3.63, 3.8) is 0 Å². The molecule has 1 aromatic carbocycles. The molecule has 1 aromatic rings. The first kappa shape index (κ1) is 20.1. The number of carbonyl (C=O) groups excluding carboxylic acids is 1. The van der Waals surface area contributed by atoms with Crippen LogP contribution in [0.1, 0.15) is 31.2 Å². The first-order valence-electron chi connectivity index (χ1n) is 8.13. The fourth-order valence-electron chi connectivity index (χ4n) is 2.13. The van der Waals surface area contributed by atoms with E-state index in [4.69, 9.17) is 19.3 Å². The predicted molar refractivity (Wildman–Crippen MR) is 88.8 cm³/mol. The number of esters is 1. The lowest BCUT2D eigenvalue weighted by Gasteiger charge is -2.15. The van der Waals surface area contributed by atoms with Gasteiger partial charge in [0.15, 0.2) is 0 Å². The highest BCUT2D eigenvalue weighted by molar-refractivity contribution is 5.69. The van der Waals surface area contributed by atoms with Crippen molar-refractivity contribution in [2.45, 2.75) is 38.2 Å². The van der Waals surface area contributed by atoms with E-state index < -0.39 is 5.97 Å². The summed E-state index contributed by atoms with van der Waals surface area (Å²) in [6.45, 7) is 0.941. The van der Waals surface area contributed by atoms with Gasteiger partial charge in [-0.2, -0.15) is 0 Å². The molecular formula is C18H26O6. The van der Waals surface area contributed by atoms with E-state index in [2.05, 4.69) is 0 Å². The largest absolute Gasteiger partial charge is 0.481 e. The lowest BCUT2D eigenvalue weighted by molar-refractivity contribution is -0.146. The normalized spacial score (nSPS) is 11.9. The SMILES string of the molecule is COC(COCCOC(=O)CCCCC(=O)O)Cc1ccccc1. The van der Waals surface area contributed by atoms with E-state index in [1.54, 1.807) is 7.11 Å². The lowest BCUT2D eigenvalue weighted by atomic mass is 10.1. The number of benzene rings is 1. The van der Waals surface area contributed by atoms with Crippen molar-refractivity contribution in [3.8, 4) is 0 Å². The second kappa shape index (κ2) is 12.5. The van der Waals surface area contributed by atoms with E-state index in [9.17, 15) is 9.59 Å². The Hall–Kier alpha value is -1.92. The van der Waals surface area contributed by atoms with Gasteiger partial charge in [-0.25, -0.2) is 0 Å². The summed E-state index contributed by atoms with van der Waals surface area (Å²) in [6.07, 6.45) is 2.04. The molecule has 1 atom stereocenters. The molecule has 0 bridgehead atoms. The minimum Gasteiger partial charge on any atom is -0.481 e. The van der Waals surface area contributed by atoms with Crippen molar-refractivity contribution in [1.29, 1.82) is 0 Å². The van der Waals surface area contributed by atoms with Crippen LogP contribution in [0.15, 0.2) is 30.3 Å². The maximum Gasteiger partial charge on any atom is 0.305 e. The topological polar surface area (TPSA) is 82.1 Å². The molecule has 0 spiro atoms. The number of carboxylic acid groups (broad SMARTS) is 1. The van der Waals surface area contributed by atoms with Crippen LogP contribution in [0.2, 0.25) is 0 Å². The number of carbonyl (C=O) groups is 2. The maximum atomic E-state index is 11.4. The Balaban J connectivity index is 2.05. The average Bonchev–Trinajstić information content (AvgIpc) is 2.58. The highest BCUT2D eigenvalue weighted by atomic mass is 16.6. The van der Waals surface area contributed by atoms with Crippen molar-refractivity contribution in [3.05, 3.63) is 35.9 Å². The zero-order valence-corrected chi connectivity index (χ0v) is 14.1. The molecule has 0 aliphatic rings. The number of aliphatic carboxylic acids is 1. The number of hydrogen-bond donors (Lipinski definition) is 1. The van der Waals surface area contributed by atoms with Gasteiger partial charge in [0.05, 0.1) is 19.3 Å². The molecule has 0 heterocycles. The molecule has 0 aromatic heterocycles. The average molecular weight is 338 g/mol. The van der Waals surface area contributed by atoms with Gasteiger partial charge in [0.2, 0.25) is 0 Å². The molecule has 0 radical (unpaired) electrons. The highest BCUT2D eigenvalue weighted by Gasteiger charge is 2.09. The van der Waals surface area contributed by atoms with Gasteiger partial charge in [0, 0.05) is 26.4 Å². The molecule has 6 nitrogen and oxygen atoms in total. The van der Waals surface area contributed by atoms with Crippen LogP contribution in [0.25, 0.3) is 0 Å².